The predicted octanol–water partition coefficient (Wildman–Crippen LogP) is 3.09. The van der Waals surface area contributed by atoms with E-state index in [9.17, 15) is 26.8 Å². The lowest BCUT2D eigenvalue weighted by Gasteiger charge is -2.34. The Morgan fingerprint density at radius 1 is 1.15 bits per heavy atom. The van der Waals surface area contributed by atoms with Crippen molar-refractivity contribution in [2.24, 2.45) is 17.8 Å². The first-order valence-corrected chi connectivity index (χ1v) is 13.9. The topological polar surface area (TPSA) is 86.8 Å². The van der Waals surface area contributed by atoms with Gasteiger partial charge in [0.15, 0.2) is 0 Å². The summed E-state index contributed by atoms with van der Waals surface area (Å²) in [5, 5.41) is 2.56. The number of likely N-dealkylation sites (tertiary alicyclic amines) is 1. The molecule has 2 heterocycles. The number of piperidine rings is 1. The molecule has 1 N–H and O–H groups in total. The van der Waals surface area contributed by atoms with Crippen LogP contribution in [0.4, 0.5) is 8.78 Å². The standard InChI is InChI=1S/C23H30ClF2N3O4S/c1-13-8-20(29(11-13)23(31)15-4-3-7-28(12-15)34(2,32)33)22(30)27-21(14-5-6-14)16-9-19(26)17(24)10-18(16)25/h9-10,13-15,20-21H,3-8,11-12H2,1-2H3,(H,27,30)/t13-,15+,20-,21-/m1/s1. The summed E-state index contributed by atoms with van der Waals surface area (Å²) in [5.74, 6) is -2.51. The summed E-state index contributed by atoms with van der Waals surface area (Å²) in [6.45, 7) is 2.83. The number of halogens is 3. The van der Waals surface area contributed by atoms with E-state index in [1.165, 1.54) is 4.31 Å². The minimum atomic E-state index is -3.41. The fourth-order valence-corrected chi connectivity index (χ4v) is 6.18. The molecule has 1 saturated carbocycles. The lowest BCUT2D eigenvalue weighted by molar-refractivity contribution is -0.142. The van der Waals surface area contributed by atoms with E-state index in [4.69, 9.17) is 11.6 Å². The number of amides is 2. The van der Waals surface area contributed by atoms with E-state index in [2.05, 4.69) is 5.32 Å². The molecule has 188 valence electrons. The first-order valence-electron chi connectivity index (χ1n) is 11.7. The number of carbonyl (C=O) groups is 2. The molecule has 4 rings (SSSR count). The third kappa shape index (κ3) is 5.39. The Morgan fingerprint density at radius 3 is 2.50 bits per heavy atom. The molecule has 0 unspecified atom stereocenters. The maximum atomic E-state index is 14.6. The molecule has 3 aliphatic rings. The van der Waals surface area contributed by atoms with Crippen LogP contribution in [0.15, 0.2) is 12.1 Å². The number of benzene rings is 1. The first-order chi connectivity index (χ1) is 16.0. The van der Waals surface area contributed by atoms with Crippen molar-refractivity contribution in [3.63, 3.8) is 0 Å². The second kappa shape index (κ2) is 9.70. The van der Waals surface area contributed by atoms with E-state index in [1.807, 2.05) is 6.92 Å². The smallest absolute Gasteiger partial charge is 0.243 e. The van der Waals surface area contributed by atoms with Crippen molar-refractivity contribution < 1.29 is 26.8 Å². The van der Waals surface area contributed by atoms with Crippen molar-refractivity contribution in [2.75, 3.05) is 25.9 Å². The van der Waals surface area contributed by atoms with Crippen LogP contribution < -0.4 is 5.32 Å². The summed E-state index contributed by atoms with van der Waals surface area (Å²) < 4.78 is 53.9. The van der Waals surface area contributed by atoms with Gasteiger partial charge in [0.25, 0.3) is 0 Å². The zero-order valence-corrected chi connectivity index (χ0v) is 20.8. The molecular weight excluding hydrogens is 488 g/mol. The van der Waals surface area contributed by atoms with Gasteiger partial charge in [0, 0.05) is 25.2 Å². The Balaban J connectivity index is 1.51. The van der Waals surface area contributed by atoms with E-state index in [0.29, 0.717) is 32.4 Å². The van der Waals surface area contributed by atoms with Crippen LogP contribution in [0.25, 0.3) is 0 Å². The first kappa shape index (κ1) is 25.3. The highest BCUT2D eigenvalue weighted by atomic mass is 35.5. The molecule has 2 amide bonds. The molecule has 1 aromatic rings. The SMILES string of the molecule is C[C@@H]1C[C@H](C(=O)N[C@@H](c2cc(F)c(Cl)cc2F)C2CC2)N(C(=O)[C@H]2CCCN(S(C)(=O)=O)C2)C1. The number of hydrogen-bond donors (Lipinski definition) is 1. The number of rotatable bonds is 6. The minimum absolute atomic E-state index is 0.0105. The Kier molecular flexibility index (Phi) is 7.22. The van der Waals surface area contributed by atoms with Gasteiger partial charge in [-0.2, -0.15) is 0 Å². The fourth-order valence-electron chi connectivity index (χ4n) is 5.12. The number of sulfonamides is 1. The summed E-state index contributed by atoms with van der Waals surface area (Å²) >= 11 is 5.69. The normalized spacial score (nSPS) is 27.0. The minimum Gasteiger partial charge on any atom is -0.347 e. The molecule has 1 aliphatic carbocycles. The van der Waals surface area contributed by atoms with Crippen molar-refractivity contribution >= 4 is 33.4 Å². The van der Waals surface area contributed by atoms with Crippen LogP contribution in [0.2, 0.25) is 5.02 Å². The van der Waals surface area contributed by atoms with Gasteiger partial charge in [-0.25, -0.2) is 21.5 Å². The van der Waals surface area contributed by atoms with Crippen LogP contribution in [0.1, 0.15) is 50.6 Å². The van der Waals surface area contributed by atoms with Gasteiger partial charge < -0.3 is 10.2 Å². The Morgan fingerprint density at radius 2 is 1.85 bits per heavy atom. The summed E-state index contributed by atoms with van der Waals surface area (Å²) in [7, 11) is -3.41. The number of nitrogens with zero attached hydrogens (tertiary/aromatic N) is 2. The molecule has 2 saturated heterocycles. The molecule has 4 atom stereocenters. The van der Waals surface area contributed by atoms with Crippen LogP contribution >= 0.6 is 11.6 Å². The Labute approximate surface area is 203 Å². The highest BCUT2D eigenvalue weighted by Gasteiger charge is 2.44. The van der Waals surface area contributed by atoms with Gasteiger partial charge in [-0.15, -0.1) is 0 Å². The molecule has 0 bridgehead atoms. The zero-order chi connectivity index (χ0) is 24.8. The van der Waals surface area contributed by atoms with Gasteiger partial charge in [-0.3, -0.25) is 9.59 Å². The lowest BCUT2D eigenvalue weighted by atomic mass is 9.97. The second-order valence-corrected chi connectivity index (χ2v) is 12.3. The molecule has 34 heavy (non-hydrogen) atoms. The van der Waals surface area contributed by atoms with Crippen molar-refractivity contribution in [1.82, 2.24) is 14.5 Å². The molecule has 1 aromatic carbocycles. The Bertz CT molecular complexity index is 1080. The highest BCUT2D eigenvalue weighted by molar-refractivity contribution is 7.88. The maximum absolute atomic E-state index is 14.6. The lowest BCUT2D eigenvalue weighted by Crippen LogP contribution is -2.51. The number of hydrogen-bond acceptors (Lipinski definition) is 4. The predicted molar refractivity (Wildman–Crippen MR) is 123 cm³/mol. The molecule has 11 heteroatoms. The molecule has 7 nitrogen and oxygen atoms in total. The van der Waals surface area contributed by atoms with Gasteiger partial charge in [0.2, 0.25) is 21.8 Å². The van der Waals surface area contributed by atoms with E-state index < -0.39 is 45.6 Å². The van der Waals surface area contributed by atoms with Gasteiger partial charge in [0.05, 0.1) is 23.2 Å². The van der Waals surface area contributed by atoms with Gasteiger partial charge in [-0.05, 0) is 56.1 Å². The van der Waals surface area contributed by atoms with Gasteiger partial charge in [0.1, 0.15) is 17.7 Å². The molecule has 3 fully saturated rings. The summed E-state index contributed by atoms with van der Waals surface area (Å²) in [5.41, 5.74) is 0.0535. The van der Waals surface area contributed by atoms with Crippen LogP contribution in [0.3, 0.4) is 0 Å². The van der Waals surface area contributed by atoms with Crippen LogP contribution in [0.5, 0.6) is 0 Å². The highest BCUT2D eigenvalue weighted by Crippen LogP contribution is 2.43. The molecule has 2 aliphatic heterocycles. The van der Waals surface area contributed by atoms with Crippen molar-refractivity contribution in [1.29, 1.82) is 0 Å². The molecule has 0 spiro atoms. The summed E-state index contributed by atoms with van der Waals surface area (Å²) in [6.07, 6.45) is 4.28. The average Bonchev–Trinajstić information content (AvgIpc) is 3.54. The second-order valence-electron chi connectivity index (χ2n) is 9.92. The zero-order valence-electron chi connectivity index (χ0n) is 19.3. The quantitative estimate of drug-likeness (QED) is 0.587. The number of nitrogens with one attached hydrogen (secondary N) is 1. The summed E-state index contributed by atoms with van der Waals surface area (Å²) in [4.78, 5) is 28.3. The van der Waals surface area contributed by atoms with Crippen LogP contribution in [-0.4, -0.2) is 61.4 Å². The van der Waals surface area contributed by atoms with Crippen molar-refractivity contribution in [3.05, 3.63) is 34.4 Å². The van der Waals surface area contributed by atoms with Gasteiger partial charge in [-0.1, -0.05) is 18.5 Å². The van der Waals surface area contributed by atoms with E-state index >= 15 is 0 Å². The molecule has 0 radical (unpaired) electrons. The van der Waals surface area contributed by atoms with E-state index in [-0.39, 0.29) is 34.9 Å². The molecule has 0 aromatic heterocycles. The third-order valence-electron chi connectivity index (χ3n) is 7.06. The van der Waals surface area contributed by atoms with Crippen molar-refractivity contribution in [2.45, 2.75) is 51.1 Å². The third-order valence-corrected chi connectivity index (χ3v) is 8.62. The maximum Gasteiger partial charge on any atom is 0.243 e. The number of carbonyl (C=O) groups excluding carboxylic acids is 2. The van der Waals surface area contributed by atoms with E-state index in [1.54, 1.807) is 4.90 Å². The Hall–Kier alpha value is -1.78. The molecular formula is C23H30ClF2N3O4S. The van der Waals surface area contributed by atoms with E-state index in [0.717, 1.165) is 31.2 Å². The van der Waals surface area contributed by atoms with Crippen LogP contribution in [-0.2, 0) is 19.6 Å². The van der Waals surface area contributed by atoms with Crippen molar-refractivity contribution in [3.8, 4) is 0 Å². The van der Waals surface area contributed by atoms with Crippen LogP contribution in [0, 0.1) is 29.4 Å². The van der Waals surface area contributed by atoms with Gasteiger partial charge >= 0.3 is 0 Å². The fraction of sp³-hybridized carbons (Fsp3) is 0.652. The summed E-state index contributed by atoms with van der Waals surface area (Å²) in [6, 6.07) is 0.501. The average molecular weight is 518 g/mol. The monoisotopic (exact) mass is 517 g/mol. The largest absolute Gasteiger partial charge is 0.347 e.